The minimum Gasteiger partial charge on any atom is -0.497 e. The molecule has 1 atom stereocenters. The van der Waals surface area contributed by atoms with Gasteiger partial charge < -0.3 is 14.2 Å². The van der Waals surface area contributed by atoms with Gasteiger partial charge in [0.2, 0.25) is 0 Å². The molecule has 0 amide bonds. The average Bonchev–Trinajstić information content (AvgIpc) is 2.44. The number of methoxy groups -OCH3 is 2. The molecule has 0 N–H and O–H groups in total. The maximum atomic E-state index is 5.61. The zero-order valence-electron chi connectivity index (χ0n) is 12.4. The van der Waals surface area contributed by atoms with E-state index in [0.29, 0.717) is 10.9 Å². The van der Waals surface area contributed by atoms with Crippen molar-refractivity contribution in [3.8, 4) is 11.5 Å². The number of ether oxygens (including phenoxy) is 3. The van der Waals surface area contributed by atoms with Crippen molar-refractivity contribution < 1.29 is 14.2 Å². The van der Waals surface area contributed by atoms with Crippen LogP contribution in [0.3, 0.4) is 0 Å². The second-order valence-electron chi connectivity index (χ2n) is 5.23. The third-order valence-corrected chi connectivity index (χ3v) is 4.78. The Morgan fingerprint density at radius 3 is 2.60 bits per heavy atom. The van der Waals surface area contributed by atoms with Gasteiger partial charge in [0.15, 0.2) is 0 Å². The maximum absolute atomic E-state index is 5.61. The molecule has 1 aromatic carbocycles. The zero-order valence-corrected chi connectivity index (χ0v) is 14.0. The van der Waals surface area contributed by atoms with Gasteiger partial charge >= 0.3 is 0 Å². The van der Waals surface area contributed by atoms with Crippen LogP contribution in [0.2, 0.25) is 0 Å². The summed E-state index contributed by atoms with van der Waals surface area (Å²) in [5.74, 6) is 2.44. The number of hydrogen-bond donors (Lipinski definition) is 0. The number of benzene rings is 1. The molecular formula is C16H23BrO3. The Balaban J connectivity index is 1.94. The van der Waals surface area contributed by atoms with E-state index >= 15 is 0 Å². The smallest absolute Gasteiger partial charge is 0.126 e. The monoisotopic (exact) mass is 342 g/mol. The first kappa shape index (κ1) is 15.6. The Morgan fingerprint density at radius 1 is 1.25 bits per heavy atom. The fraction of sp³-hybridized carbons (Fsp3) is 0.625. The van der Waals surface area contributed by atoms with Crippen LogP contribution in [0, 0.1) is 5.92 Å². The van der Waals surface area contributed by atoms with Gasteiger partial charge in [0.05, 0.1) is 20.3 Å². The highest BCUT2D eigenvalue weighted by Crippen LogP contribution is 2.43. The second-order valence-corrected chi connectivity index (χ2v) is 6.33. The SMILES string of the molecule is CCOC1CC(CC(Br)c2ccc(OC)cc2OC)C1. The predicted octanol–water partition coefficient (Wildman–Crippen LogP) is 4.35. The molecule has 0 radical (unpaired) electrons. The quantitative estimate of drug-likeness (QED) is 0.689. The van der Waals surface area contributed by atoms with Crippen LogP contribution in [-0.2, 0) is 4.74 Å². The molecule has 20 heavy (non-hydrogen) atoms. The maximum Gasteiger partial charge on any atom is 0.126 e. The van der Waals surface area contributed by atoms with Crippen molar-refractivity contribution >= 4 is 15.9 Å². The fourth-order valence-electron chi connectivity index (χ4n) is 2.74. The molecule has 1 aromatic rings. The summed E-state index contributed by atoms with van der Waals surface area (Å²) in [7, 11) is 3.37. The van der Waals surface area contributed by atoms with Crippen molar-refractivity contribution in [2.24, 2.45) is 5.92 Å². The lowest BCUT2D eigenvalue weighted by Crippen LogP contribution is -2.31. The molecule has 0 aromatic heterocycles. The molecule has 1 aliphatic rings. The van der Waals surface area contributed by atoms with Gasteiger partial charge in [-0.05, 0) is 38.2 Å². The molecule has 0 saturated heterocycles. The van der Waals surface area contributed by atoms with Gasteiger partial charge in [-0.1, -0.05) is 22.0 Å². The largest absolute Gasteiger partial charge is 0.497 e. The van der Waals surface area contributed by atoms with Crippen LogP contribution >= 0.6 is 15.9 Å². The van der Waals surface area contributed by atoms with E-state index in [1.165, 1.54) is 18.4 Å². The first-order chi connectivity index (χ1) is 9.67. The van der Waals surface area contributed by atoms with E-state index in [4.69, 9.17) is 14.2 Å². The summed E-state index contributed by atoms with van der Waals surface area (Å²) in [6, 6.07) is 6.00. The van der Waals surface area contributed by atoms with E-state index in [9.17, 15) is 0 Å². The van der Waals surface area contributed by atoms with Crippen molar-refractivity contribution in [1.29, 1.82) is 0 Å². The van der Waals surface area contributed by atoms with Crippen molar-refractivity contribution in [3.63, 3.8) is 0 Å². The van der Waals surface area contributed by atoms with Gasteiger partial charge in [0.1, 0.15) is 11.5 Å². The van der Waals surface area contributed by atoms with Gasteiger partial charge in [-0.15, -0.1) is 0 Å². The first-order valence-corrected chi connectivity index (χ1v) is 8.07. The normalized spacial score (nSPS) is 23.0. The molecule has 4 heteroatoms. The topological polar surface area (TPSA) is 27.7 Å². The van der Waals surface area contributed by atoms with Crippen LogP contribution in [0.1, 0.15) is 36.6 Å². The van der Waals surface area contributed by atoms with Crippen LogP contribution < -0.4 is 9.47 Å². The van der Waals surface area contributed by atoms with Crippen LogP contribution in [0.15, 0.2) is 18.2 Å². The summed E-state index contributed by atoms with van der Waals surface area (Å²) >= 11 is 3.80. The Kier molecular flexibility index (Phi) is 5.73. The lowest BCUT2D eigenvalue weighted by atomic mass is 9.78. The van der Waals surface area contributed by atoms with Crippen LogP contribution in [0.25, 0.3) is 0 Å². The lowest BCUT2D eigenvalue weighted by Gasteiger charge is -2.36. The van der Waals surface area contributed by atoms with Crippen molar-refractivity contribution in [2.45, 2.75) is 37.1 Å². The molecule has 0 bridgehead atoms. The Bertz CT molecular complexity index is 430. The summed E-state index contributed by atoms with van der Waals surface area (Å²) in [5, 5.41) is 0. The molecule has 0 heterocycles. The molecule has 1 aliphatic carbocycles. The van der Waals surface area contributed by atoms with E-state index in [1.54, 1.807) is 14.2 Å². The second kappa shape index (κ2) is 7.32. The predicted molar refractivity (Wildman–Crippen MR) is 84.0 cm³/mol. The van der Waals surface area contributed by atoms with Crippen LogP contribution in [0.5, 0.6) is 11.5 Å². The Morgan fingerprint density at radius 2 is 2.00 bits per heavy atom. The Hall–Kier alpha value is -0.740. The van der Waals surface area contributed by atoms with Gasteiger partial charge in [0, 0.05) is 23.1 Å². The lowest BCUT2D eigenvalue weighted by molar-refractivity contribution is -0.0264. The number of alkyl halides is 1. The first-order valence-electron chi connectivity index (χ1n) is 7.15. The van der Waals surface area contributed by atoms with E-state index < -0.39 is 0 Å². The summed E-state index contributed by atoms with van der Waals surface area (Å²) < 4.78 is 16.3. The molecule has 1 unspecified atom stereocenters. The van der Waals surface area contributed by atoms with Gasteiger partial charge in [-0.3, -0.25) is 0 Å². The third kappa shape index (κ3) is 3.67. The summed E-state index contributed by atoms with van der Waals surface area (Å²) in [5.41, 5.74) is 1.19. The van der Waals surface area contributed by atoms with Crippen LogP contribution in [0.4, 0.5) is 0 Å². The number of halogens is 1. The third-order valence-electron chi connectivity index (χ3n) is 3.91. The molecule has 112 valence electrons. The van der Waals surface area contributed by atoms with Gasteiger partial charge in [-0.25, -0.2) is 0 Å². The zero-order chi connectivity index (χ0) is 14.5. The molecule has 1 saturated carbocycles. The molecule has 3 nitrogen and oxygen atoms in total. The van der Waals surface area contributed by atoms with Crippen LogP contribution in [-0.4, -0.2) is 26.9 Å². The minimum absolute atomic E-state index is 0.316. The standard InChI is InChI=1S/C16H23BrO3/c1-4-20-13-7-11(8-13)9-15(17)14-6-5-12(18-2)10-16(14)19-3/h5-6,10-11,13,15H,4,7-9H2,1-3H3. The molecule has 1 fully saturated rings. The molecular weight excluding hydrogens is 320 g/mol. The van der Waals surface area contributed by atoms with Gasteiger partial charge in [-0.2, -0.15) is 0 Å². The summed E-state index contributed by atoms with van der Waals surface area (Å²) in [4.78, 5) is 0.316. The molecule has 0 aliphatic heterocycles. The number of hydrogen-bond acceptors (Lipinski definition) is 3. The Labute approximate surface area is 129 Å². The van der Waals surface area contributed by atoms with E-state index in [0.717, 1.165) is 30.4 Å². The van der Waals surface area contributed by atoms with E-state index in [1.807, 2.05) is 12.1 Å². The fourth-order valence-corrected chi connectivity index (χ4v) is 3.64. The highest BCUT2D eigenvalue weighted by molar-refractivity contribution is 9.09. The van der Waals surface area contributed by atoms with E-state index in [2.05, 4.69) is 28.9 Å². The summed E-state index contributed by atoms with van der Waals surface area (Å²) in [6.07, 6.45) is 3.94. The average molecular weight is 343 g/mol. The highest BCUT2D eigenvalue weighted by Gasteiger charge is 2.31. The van der Waals surface area contributed by atoms with Crippen molar-refractivity contribution in [1.82, 2.24) is 0 Å². The van der Waals surface area contributed by atoms with E-state index in [-0.39, 0.29) is 0 Å². The van der Waals surface area contributed by atoms with Gasteiger partial charge in [0.25, 0.3) is 0 Å². The number of rotatable bonds is 7. The minimum atomic E-state index is 0.316. The highest BCUT2D eigenvalue weighted by atomic mass is 79.9. The molecule has 0 spiro atoms. The van der Waals surface area contributed by atoms with Crippen molar-refractivity contribution in [2.75, 3.05) is 20.8 Å². The molecule has 2 rings (SSSR count). The van der Waals surface area contributed by atoms with Crippen molar-refractivity contribution in [3.05, 3.63) is 23.8 Å². The summed E-state index contributed by atoms with van der Waals surface area (Å²) in [6.45, 7) is 2.88.